The Kier molecular flexibility index (Phi) is 11.0. The summed E-state index contributed by atoms with van der Waals surface area (Å²) in [6.45, 7) is 8.10. The number of rotatable bonds is 7. The molecule has 51 heavy (non-hydrogen) atoms. The van der Waals surface area contributed by atoms with E-state index < -0.39 is 18.3 Å². The van der Waals surface area contributed by atoms with Crippen LogP contribution in [0.5, 0.6) is 34.5 Å². The van der Waals surface area contributed by atoms with Crippen molar-refractivity contribution in [1.29, 1.82) is 0 Å². The van der Waals surface area contributed by atoms with Gasteiger partial charge in [0.2, 0.25) is 0 Å². The average Bonchev–Trinajstić information content (AvgIpc) is 3.32. The second-order valence-corrected chi connectivity index (χ2v) is 13.5. The molecule has 12 heteroatoms. The van der Waals surface area contributed by atoms with Gasteiger partial charge in [0.1, 0.15) is 34.5 Å². The van der Waals surface area contributed by atoms with Gasteiger partial charge in [-0.05, 0) is 116 Å². The fourth-order valence-electron chi connectivity index (χ4n) is 5.28. The summed E-state index contributed by atoms with van der Waals surface area (Å²) in [6, 6.07) is 25.9. The Morgan fingerprint density at radius 1 is 0.608 bits per heavy atom. The Hall–Kier alpha value is -5.04. The number of nitrogens with zero attached hydrogens (tertiary/aromatic N) is 2. The van der Waals surface area contributed by atoms with Gasteiger partial charge in [0.25, 0.3) is 0 Å². The Labute approximate surface area is 307 Å². The second-order valence-electron chi connectivity index (χ2n) is 12.7. The van der Waals surface area contributed by atoms with Gasteiger partial charge in [-0.15, -0.1) is 0 Å². The first kappa shape index (κ1) is 37.2. The van der Waals surface area contributed by atoms with Crippen LogP contribution in [0.2, 0.25) is 0 Å². The lowest BCUT2D eigenvalue weighted by Crippen LogP contribution is -2.41. The van der Waals surface area contributed by atoms with Gasteiger partial charge in [0.15, 0.2) is 0 Å². The Balaban J connectivity index is 0.000000204. The summed E-state index contributed by atoms with van der Waals surface area (Å²) < 4.78 is 36.2. The summed E-state index contributed by atoms with van der Waals surface area (Å²) >= 11 is 3.48. The molecule has 0 radical (unpaired) electrons. The fourth-order valence-corrected chi connectivity index (χ4v) is 5.78. The quantitative estimate of drug-likeness (QED) is 0.120. The minimum atomic E-state index is -0.552. The molecule has 264 valence electrons. The van der Waals surface area contributed by atoms with E-state index in [2.05, 4.69) is 25.9 Å². The molecule has 1 saturated heterocycles. The van der Waals surface area contributed by atoms with Crippen molar-refractivity contribution in [2.45, 2.75) is 46.3 Å². The molecule has 1 aliphatic heterocycles. The van der Waals surface area contributed by atoms with E-state index in [0.717, 1.165) is 49.0 Å². The van der Waals surface area contributed by atoms with Crippen LogP contribution in [-0.4, -0.2) is 42.5 Å². The second kappa shape index (κ2) is 15.1. The lowest BCUT2D eigenvalue weighted by Gasteiger charge is -2.32. The first-order chi connectivity index (χ1) is 23.9. The summed E-state index contributed by atoms with van der Waals surface area (Å²) in [7, 11) is 2.70. The molecular formula is C39H42BBrN4O6. The first-order valence-electron chi connectivity index (χ1n) is 15.9. The molecule has 0 saturated carbocycles. The van der Waals surface area contributed by atoms with Crippen molar-refractivity contribution in [1.82, 2.24) is 9.97 Å². The van der Waals surface area contributed by atoms with E-state index in [4.69, 9.17) is 39.7 Å². The summed E-state index contributed by atoms with van der Waals surface area (Å²) in [4.78, 5) is 8.82. The molecule has 0 bridgehead atoms. The van der Waals surface area contributed by atoms with E-state index in [1.807, 2.05) is 88.4 Å². The first-order valence-corrected chi connectivity index (χ1v) is 16.7. The number of pyridine rings is 2. The van der Waals surface area contributed by atoms with E-state index in [0.29, 0.717) is 28.6 Å². The van der Waals surface area contributed by atoms with Crippen LogP contribution in [0.1, 0.15) is 35.1 Å². The van der Waals surface area contributed by atoms with Crippen LogP contribution in [-0.2, 0) is 9.31 Å². The van der Waals surface area contributed by atoms with Crippen LogP contribution in [0.15, 0.2) is 102 Å². The van der Waals surface area contributed by atoms with Gasteiger partial charge in [-0.1, -0.05) is 7.43 Å². The molecule has 4 N–H and O–H groups in total. The third-order valence-electron chi connectivity index (χ3n) is 8.75. The third kappa shape index (κ3) is 7.98. The number of halogens is 1. The average molecular weight is 754 g/mol. The maximum Gasteiger partial charge on any atom is 0.498 e. The minimum absolute atomic E-state index is 0. The number of benzene rings is 4. The van der Waals surface area contributed by atoms with E-state index in [-0.39, 0.29) is 7.43 Å². The number of anilines is 2. The lowest BCUT2D eigenvalue weighted by atomic mass is 9.77. The van der Waals surface area contributed by atoms with Crippen molar-refractivity contribution in [2.24, 2.45) is 0 Å². The molecule has 7 rings (SSSR count). The van der Waals surface area contributed by atoms with E-state index in [1.54, 1.807) is 50.9 Å². The minimum Gasteiger partial charge on any atom is -0.497 e. The SMILES string of the molecule is C.COc1cc2nccc(Oc3ccc(N)cc3)c2cc1B1OC(C)(C)C(C)(C)O1.COc1cc2nccc(Oc3ccc(N)cc3)c2cc1Br. The molecule has 1 aliphatic rings. The Morgan fingerprint density at radius 3 is 1.49 bits per heavy atom. The standard InChI is InChI=1S/C22H25BN2O4.C16H13BrN2O2.CH4/c1-21(2)22(3,4)29-23(28-21)17-12-16-18(13-20(17)26-5)25-11-10-19(16)27-15-8-6-14(24)7-9-15;1-20-16-9-14-12(8-13(16)17)15(6-7-19-14)21-11-4-2-10(18)3-5-11;/h6-13H,24H2,1-5H3;2-9H,18H2,1H3;1H4. The maximum absolute atomic E-state index is 6.24. The van der Waals surface area contributed by atoms with Crippen molar-refractivity contribution in [2.75, 3.05) is 25.7 Å². The molecule has 0 aliphatic carbocycles. The Bertz CT molecular complexity index is 2130. The van der Waals surface area contributed by atoms with Crippen LogP contribution in [0, 0.1) is 0 Å². The van der Waals surface area contributed by atoms with Gasteiger partial charge in [-0.25, -0.2) is 0 Å². The van der Waals surface area contributed by atoms with Crippen LogP contribution in [0.25, 0.3) is 21.8 Å². The number of hydrogen-bond donors (Lipinski definition) is 2. The molecular weight excluding hydrogens is 711 g/mol. The normalized spacial score (nSPS) is 14.3. The topological polar surface area (TPSA) is 133 Å². The summed E-state index contributed by atoms with van der Waals surface area (Å²) in [5.74, 6) is 4.23. The Morgan fingerprint density at radius 2 is 1.04 bits per heavy atom. The molecule has 2 aromatic heterocycles. The highest BCUT2D eigenvalue weighted by molar-refractivity contribution is 9.10. The predicted molar refractivity (Wildman–Crippen MR) is 209 cm³/mol. The number of nitrogen functional groups attached to an aromatic ring is 2. The number of nitrogens with two attached hydrogens (primary N) is 2. The molecule has 0 amide bonds. The van der Waals surface area contributed by atoms with E-state index >= 15 is 0 Å². The highest BCUT2D eigenvalue weighted by Crippen LogP contribution is 2.39. The van der Waals surface area contributed by atoms with Gasteiger partial charge >= 0.3 is 7.12 Å². The molecule has 3 heterocycles. The van der Waals surface area contributed by atoms with Crippen LogP contribution < -0.4 is 35.9 Å². The number of methoxy groups -OCH3 is 2. The highest BCUT2D eigenvalue weighted by Gasteiger charge is 2.52. The zero-order valence-corrected chi connectivity index (χ0v) is 30.3. The molecule has 0 unspecified atom stereocenters. The van der Waals surface area contributed by atoms with Crippen molar-refractivity contribution in [3.8, 4) is 34.5 Å². The van der Waals surface area contributed by atoms with Crippen molar-refractivity contribution in [3.63, 3.8) is 0 Å². The van der Waals surface area contributed by atoms with Crippen LogP contribution in [0.3, 0.4) is 0 Å². The van der Waals surface area contributed by atoms with Gasteiger partial charge in [0, 0.05) is 52.1 Å². The monoisotopic (exact) mass is 752 g/mol. The third-order valence-corrected chi connectivity index (χ3v) is 9.37. The van der Waals surface area contributed by atoms with Crippen molar-refractivity contribution in [3.05, 3.63) is 102 Å². The molecule has 0 spiro atoms. The molecule has 10 nitrogen and oxygen atoms in total. The van der Waals surface area contributed by atoms with Gasteiger partial charge < -0.3 is 39.7 Å². The smallest absolute Gasteiger partial charge is 0.497 e. The summed E-state index contributed by atoms with van der Waals surface area (Å²) in [5, 5.41) is 1.75. The lowest BCUT2D eigenvalue weighted by molar-refractivity contribution is 0.00578. The molecule has 0 atom stereocenters. The van der Waals surface area contributed by atoms with E-state index in [1.165, 1.54) is 0 Å². The molecule has 1 fully saturated rings. The largest absolute Gasteiger partial charge is 0.498 e. The van der Waals surface area contributed by atoms with Gasteiger partial charge in [0.05, 0.1) is 40.9 Å². The zero-order chi connectivity index (χ0) is 35.6. The molecule has 6 aromatic rings. The van der Waals surface area contributed by atoms with Gasteiger partial charge in [-0.2, -0.15) is 0 Å². The zero-order valence-electron chi connectivity index (χ0n) is 28.7. The summed E-state index contributed by atoms with van der Waals surface area (Å²) in [6.07, 6.45) is 3.42. The molecule has 4 aromatic carbocycles. The van der Waals surface area contributed by atoms with Gasteiger partial charge in [-0.3, -0.25) is 9.97 Å². The maximum atomic E-state index is 6.24. The number of fused-ring (bicyclic) bond motifs is 2. The van der Waals surface area contributed by atoms with Crippen LogP contribution in [0.4, 0.5) is 11.4 Å². The number of aromatic nitrogens is 2. The van der Waals surface area contributed by atoms with Crippen LogP contribution >= 0.6 is 15.9 Å². The number of ether oxygens (including phenoxy) is 4. The fraction of sp³-hybridized carbons (Fsp3) is 0.231. The van der Waals surface area contributed by atoms with Crippen molar-refractivity contribution >= 4 is 61.7 Å². The van der Waals surface area contributed by atoms with E-state index in [9.17, 15) is 0 Å². The predicted octanol–water partition coefficient (Wildman–Crippen LogP) is 8.93. The number of hydrogen-bond acceptors (Lipinski definition) is 10. The summed E-state index contributed by atoms with van der Waals surface area (Å²) in [5.41, 5.74) is 14.3. The van der Waals surface area contributed by atoms with Crippen molar-refractivity contribution < 1.29 is 28.3 Å². The highest BCUT2D eigenvalue weighted by atomic mass is 79.9.